The van der Waals surface area contributed by atoms with E-state index in [-0.39, 0.29) is 10.5 Å². The van der Waals surface area contributed by atoms with Gasteiger partial charge >= 0.3 is 0 Å². The van der Waals surface area contributed by atoms with E-state index in [0.29, 0.717) is 17.8 Å². The molecule has 2 nitrogen and oxygen atoms in total. The molecule has 3 aliphatic carbocycles. The normalized spacial score (nSPS) is 44.2. The van der Waals surface area contributed by atoms with Gasteiger partial charge in [-0.2, -0.15) is 0 Å². The largest absolute Gasteiger partial charge is 0.413 e. The monoisotopic (exact) mass is 294 g/mol. The zero-order valence-corrected chi connectivity index (χ0v) is 15.0. The standard InChI is InChI=1S/C17H30O2Si/c1-16(2,3)20(5,6)19-15-12-9-14(12)17(4)10-11(18)7-8-13(15)17/h12-15H,7-10H2,1-6H3/t12-,13-,14+,15-,17+/m0/s1. The Morgan fingerprint density at radius 2 is 1.90 bits per heavy atom. The maximum Gasteiger partial charge on any atom is 0.192 e. The molecule has 0 radical (unpaired) electrons. The summed E-state index contributed by atoms with van der Waals surface area (Å²) < 4.78 is 6.81. The van der Waals surface area contributed by atoms with Crippen molar-refractivity contribution in [2.45, 2.75) is 77.6 Å². The number of carbonyl (C=O) groups is 1. The van der Waals surface area contributed by atoms with Gasteiger partial charge in [0.2, 0.25) is 0 Å². The van der Waals surface area contributed by atoms with Crippen LogP contribution in [0.15, 0.2) is 0 Å². The predicted octanol–water partition coefficient (Wildman–Crippen LogP) is 4.40. The molecule has 3 rings (SSSR count). The molecule has 0 N–H and O–H groups in total. The Hall–Kier alpha value is -0.153. The quantitative estimate of drug-likeness (QED) is 0.706. The van der Waals surface area contributed by atoms with E-state index in [9.17, 15) is 4.79 Å². The van der Waals surface area contributed by atoms with Crippen molar-refractivity contribution in [1.82, 2.24) is 0 Å². The van der Waals surface area contributed by atoms with Crippen LogP contribution >= 0.6 is 0 Å². The molecule has 0 aliphatic heterocycles. The van der Waals surface area contributed by atoms with Gasteiger partial charge in [0.1, 0.15) is 5.78 Å². The Balaban J connectivity index is 1.81. The van der Waals surface area contributed by atoms with Gasteiger partial charge in [-0.3, -0.25) is 4.79 Å². The van der Waals surface area contributed by atoms with Crippen LogP contribution in [0.2, 0.25) is 18.1 Å². The highest BCUT2D eigenvalue weighted by atomic mass is 28.4. The molecule has 20 heavy (non-hydrogen) atoms. The molecule has 0 bridgehead atoms. The molecule has 0 aromatic carbocycles. The summed E-state index contributed by atoms with van der Waals surface area (Å²) in [4.78, 5) is 11.9. The SMILES string of the molecule is CC(C)(C)[Si](C)(C)O[C@H]1[C@H]2C[C@H]2[C@]2(C)CC(=O)CC[C@@H]12. The predicted molar refractivity (Wildman–Crippen MR) is 84.1 cm³/mol. The van der Waals surface area contributed by atoms with Crippen molar-refractivity contribution in [3.63, 3.8) is 0 Å². The number of ketones is 1. The highest BCUT2D eigenvalue weighted by Gasteiger charge is 2.68. The Labute approximate surface area is 124 Å². The summed E-state index contributed by atoms with van der Waals surface area (Å²) in [6, 6.07) is 0. The van der Waals surface area contributed by atoms with Crippen molar-refractivity contribution in [2.75, 3.05) is 0 Å². The van der Waals surface area contributed by atoms with Gasteiger partial charge in [-0.15, -0.1) is 0 Å². The molecule has 3 saturated carbocycles. The van der Waals surface area contributed by atoms with Crippen LogP contribution in [-0.2, 0) is 9.22 Å². The Kier molecular flexibility index (Phi) is 3.10. The van der Waals surface area contributed by atoms with E-state index < -0.39 is 8.32 Å². The lowest BCUT2D eigenvalue weighted by Gasteiger charge is -2.45. The van der Waals surface area contributed by atoms with Crippen molar-refractivity contribution in [3.8, 4) is 0 Å². The summed E-state index contributed by atoms with van der Waals surface area (Å²) in [6.45, 7) is 14.1. The highest BCUT2D eigenvalue weighted by molar-refractivity contribution is 6.74. The van der Waals surface area contributed by atoms with E-state index in [1.165, 1.54) is 6.42 Å². The third-order valence-electron chi connectivity index (χ3n) is 6.90. The molecule has 3 heteroatoms. The number of hydrogen-bond acceptors (Lipinski definition) is 2. The molecule has 0 aromatic rings. The first-order valence-electron chi connectivity index (χ1n) is 8.26. The van der Waals surface area contributed by atoms with Crippen molar-refractivity contribution in [1.29, 1.82) is 0 Å². The molecule has 0 saturated heterocycles. The number of fused-ring (bicyclic) bond motifs is 3. The highest BCUT2D eigenvalue weighted by Crippen LogP contribution is 2.69. The summed E-state index contributed by atoms with van der Waals surface area (Å²) in [5.41, 5.74) is 0.257. The van der Waals surface area contributed by atoms with Crippen LogP contribution in [0.25, 0.3) is 0 Å². The van der Waals surface area contributed by atoms with Gasteiger partial charge in [0.25, 0.3) is 0 Å². The zero-order chi connectivity index (χ0) is 14.9. The van der Waals surface area contributed by atoms with Crippen molar-refractivity contribution in [2.24, 2.45) is 23.2 Å². The lowest BCUT2D eigenvalue weighted by molar-refractivity contribution is -0.126. The van der Waals surface area contributed by atoms with Crippen molar-refractivity contribution in [3.05, 3.63) is 0 Å². The van der Waals surface area contributed by atoms with E-state index in [1.807, 2.05) is 0 Å². The Morgan fingerprint density at radius 1 is 1.25 bits per heavy atom. The van der Waals surface area contributed by atoms with E-state index in [0.717, 1.165) is 31.1 Å². The Morgan fingerprint density at radius 3 is 2.50 bits per heavy atom. The molecule has 0 amide bonds. The van der Waals surface area contributed by atoms with Gasteiger partial charge < -0.3 is 4.43 Å². The first-order valence-corrected chi connectivity index (χ1v) is 11.2. The summed E-state index contributed by atoms with van der Waals surface area (Å²) >= 11 is 0. The maximum atomic E-state index is 11.9. The average molecular weight is 295 g/mol. The molecule has 0 heterocycles. The fourth-order valence-electron chi connectivity index (χ4n) is 4.56. The summed E-state index contributed by atoms with van der Waals surface area (Å²) in [5, 5.41) is 0.279. The number of rotatable bonds is 2. The molecule has 3 fully saturated rings. The lowest BCUT2D eigenvalue weighted by Crippen LogP contribution is -2.48. The lowest BCUT2D eigenvalue weighted by atomic mass is 9.66. The molecule has 3 aliphatic rings. The first-order chi connectivity index (χ1) is 9.06. The molecular formula is C17H30O2Si. The zero-order valence-electron chi connectivity index (χ0n) is 14.0. The first kappa shape index (κ1) is 14.8. The van der Waals surface area contributed by atoms with Crippen LogP contribution in [0, 0.1) is 23.2 Å². The second-order valence-corrected chi connectivity index (χ2v) is 14.0. The number of Topliss-reactive ketones (excluding diaryl/α,β-unsaturated/α-hetero) is 1. The molecule has 114 valence electrons. The topological polar surface area (TPSA) is 26.3 Å². The number of carbonyl (C=O) groups excluding carboxylic acids is 1. The minimum atomic E-state index is -1.70. The van der Waals surface area contributed by atoms with E-state index in [4.69, 9.17) is 4.43 Å². The second-order valence-electron chi connectivity index (χ2n) is 9.22. The minimum absolute atomic E-state index is 0.257. The number of hydrogen-bond donors (Lipinski definition) is 0. The van der Waals surface area contributed by atoms with Gasteiger partial charge in [-0.1, -0.05) is 27.7 Å². The van der Waals surface area contributed by atoms with Crippen LogP contribution in [0.1, 0.15) is 53.4 Å². The maximum absolute atomic E-state index is 11.9. The van der Waals surface area contributed by atoms with E-state index >= 15 is 0 Å². The molecular weight excluding hydrogens is 264 g/mol. The van der Waals surface area contributed by atoms with Crippen LogP contribution in [0.3, 0.4) is 0 Å². The minimum Gasteiger partial charge on any atom is -0.413 e. The van der Waals surface area contributed by atoms with Crippen LogP contribution in [-0.4, -0.2) is 20.2 Å². The second kappa shape index (κ2) is 4.19. The molecule has 5 atom stereocenters. The average Bonchev–Trinajstić information content (AvgIpc) is 3.01. The van der Waals surface area contributed by atoms with Gasteiger partial charge in [0.15, 0.2) is 8.32 Å². The van der Waals surface area contributed by atoms with Gasteiger partial charge in [0, 0.05) is 12.8 Å². The Bertz CT molecular complexity index is 437. The molecule has 0 aromatic heterocycles. The van der Waals surface area contributed by atoms with E-state index in [1.54, 1.807) is 0 Å². The fourth-order valence-corrected chi connectivity index (χ4v) is 5.93. The van der Waals surface area contributed by atoms with E-state index in [2.05, 4.69) is 40.8 Å². The van der Waals surface area contributed by atoms with Crippen LogP contribution in [0.4, 0.5) is 0 Å². The van der Waals surface area contributed by atoms with Gasteiger partial charge in [-0.05, 0) is 54.1 Å². The van der Waals surface area contributed by atoms with Gasteiger partial charge in [0.05, 0.1) is 6.10 Å². The van der Waals surface area contributed by atoms with Gasteiger partial charge in [-0.25, -0.2) is 0 Å². The summed E-state index contributed by atoms with van der Waals surface area (Å²) in [7, 11) is -1.70. The van der Waals surface area contributed by atoms with Crippen molar-refractivity contribution >= 4 is 14.1 Å². The molecule has 0 unspecified atom stereocenters. The summed E-state index contributed by atoms with van der Waals surface area (Å²) in [5.74, 6) is 2.65. The summed E-state index contributed by atoms with van der Waals surface area (Å²) in [6.07, 6.45) is 4.42. The van der Waals surface area contributed by atoms with Crippen LogP contribution < -0.4 is 0 Å². The molecule has 0 spiro atoms. The third-order valence-corrected chi connectivity index (χ3v) is 11.4. The smallest absolute Gasteiger partial charge is 0.192 e. The van der Waals surface area contributed by atoms with Crippen molar-refractivity contribution < 1.29 is 9.22 Å². The van der Waals surface area contributed by atoms with Crippen LogP contribution in [0.5, 0.6) is 0 Å². The third kappa shape index (κ3) is 2.04. The fraction of sp³-hybridized carbons (Fsp3) is 0.941.